The molecule has 2 N–H and O–H groups in total. The maximum Gasteiger partial charge on any atom is 0.433 e. The van der Waals surface area contributed by atoms with Crippen LogP contribution in [0.25, 0.3) is 0 Å². The van der Waals surface area contributed by atoms with Gasteiger partial charge in [-0.15, -0.1) is 0 Å². The van der Waals surface area contributed by atoms with Crippen molar-refractivity contribution in [2.75, 3.05) is 29.9 Å². The summed E-state index contributed by atoms with van der Waals surface area (Å²) >= 11 is 0. The number of rotatable bonds is 4. The predicted octanol–water partition coefficient (Wildman–Crippen LogP) is 2.13. The van der Waals surface area contributed by atoms with Crippen LogP contribution in [0, 0.1) is 5.92 Å². The van der Waals surface area contributed by atoms with Crippen LogP contribution in [0.5, 0.6) is 0 Å². The highest BCUT2D eigenvalue weighted by Crippen LogP contribution is 2.32. The lowest BCUT2D eigenvalue weighted by molar-refractivity contribution is -0.141. The van der Waals surface area contributed by atoms with E-state index in [1.54, 1.807) is 18.7 Å². The average Bonchev–Trinajstić information content (AvgIpc) is 2.87. The molecule has 2 rings (SSSR count). The van der Waals surface area contributed by atoms with Gasteiger partial charge in [-0.05, 0) is 20.3 Å². The van der Waals surface area contributed by atoms with E-state index in [9.17, 15) is 18.3 Å². The first-order valence-electron chi connectivity index (χ1n) is 6.94. The summed E-state index contributed by atoms with van der Waals surface area (Å²) in [6.45, 7) is 4.98. The summed E-state index contributed by atoms with van der Waals surface area (Å²) in [7, 11) is 0. The number of nitrogens with one attached hydrogen (secondary N) is 1. The predicted molar refractivity (Wildman–Crippen MR) is 73.2 cm³/mol. The fraction of sp³-hybridized carbons (Fsp3) is 0.692. The minimum absolute atomic E-state index is 0.0252. The molecule has 0 spiro atoms. The molecule has 118 valence electrons. The van der Waals surface area contributed by atoms with Gasteiger partial charge in [-0.3, -0.25) is 0 Å². The molecule has 21 heavy (non-hydrogen) atoms. The van der Waals surface area contributed by atoms with E-state index >= 15 is 0 Å². The molecule has 0 aliphatic carbocycles. The van der Waals surface area contributed by atoms with E-state index < -0.39 is 18.0 Å². The number of aliphatic hydroxyl groups is 1. The van der Waals surface area contributed by atoms with Gasteiger partial charge in [0.05, 0.1) is 6.10 Å². The van der Waals surface area contributed by atoms with Gasteiger partial charge in [-0.2, -0.15) is 18.2 Å². The number of halogens is 3. The summed E-state index contributed by atoms with van der Waals surface area (Å²) in [5, 5.41) is 12.3. The first-order chi connectivity index (χ1) is 9.81. The van der Waals surface area contributed by atoms with E-state index in [0.29, 0.717) is 19.6 Å². The molecule has 5 nitrogen and oxygen atoms in total. The number of alkyl halides is 3. The highest BCUT2D eigenvalue weighted by atomic mass is 19.4. The van der Waals surface area contributed by atoms with Crippen molar-refractivity contribution >= 4 is 11.8 Å². The van der Waals surface area contributed by atoms with E-state index in [2.05, 4.69) is 15.3 Å². The van der Waals surface area contributed by atoms with E-state index in [0.717, 1.165) is 12.5 Å². The molecule has 0 amide bonds. The molecule has 1 aromatic heterocycles. The zero-order valence-electron chi connectivity index (χ0n) is 12.0. The molecule has 0 saturated carbocycles. The molecule has 1 aliphatic heterocycles. The maximum atomic E-state index is 12.9. The molecule has 1 saturated heterocycles. The van der Waals surface area contributed by atoms with Gasteiger partial charge < -0.3 is 15.3 Å². The molecule has 1 aromatic rings. The largest absolute Gasteiger partial charge is 0.433 e. The van der Waals surface area contributed by atoms with Crippen LogP contribution in [-0.2, 0) is 6.18 Å². The van der Waals surface area contributed by atoms with Gasteiger partial charge in [0.1, 0.15) is 5.82 Å². The number of aromatic nitrogens is 2. The standard InChI is InChI=1S/C13H19F3N4O/c1-3-17-12-18-10(13(14,15)16)6-11(19-12)20-5-4-9(7-20)8(2)21/h6,8-9,21H,3-5,7H2,1-2H3,(H,17,18,19). The summed E-state index contributed by atoms with van der Waals surface area (Å²) in [5.74, 6) is 0.274. The summed E-state index contributed by atoms with van der Waals surface area (Å²) in [5.41, 5.74) is -0.955. The van der Waals surface area contributed by atoms with E-state index in [4.69, 9.17) is 0 Å². The fourth-order valence-electron chi connectivity index (χ4n) is 2.37. The lowest BCUT2D eigenvalue weighted by Crippen LogP contribution is -2.25. The lowest BCUT2D eigenvalue weighted by atomic mass is 10.0. The molecule has 8 heteroatoms. The molecular weight excluding hydrogens is 285 g/mol. The van der Waals surface area contributed by atoms with Crippen molar-refractivity contribution < 1.29 is 18.3 Å². The van der Waals surface area contributed by atoms with Crippen LogP contribution in [0.15, 0.2) is 6.07 Å². The monoisotopic (exact) mass is 304 g/mol. The van der Waals surface area contributed by atoms with E-state index in [-0.39, 0.29) is 17.7 Å². The smallest absolute Gasteiger partial charge is 0.393 e. The summed E-state index contributed by atoms with van der Waals surface area (Å²) in [6, 6.07) is 0.964. The highest BCUT2D eigenvalue weighted by molar-refractivity contribution is 5.46. The Morgan fingerprint density at radius 1 is 1.48 bits per heavy atom. The van der Waals surface area contributed by atoms with Gasteiger partial charge in [-0.1, -0.05) is 0 Å². The second-order valence-corrected chi connectivity index (χ2v) is 5.20. The lowest BCUT2D eigenvalue weighted by Gasteiger charge is -2.20. The van der Waals surface area contributed by atoms with Crippen LogP contribution < -0.4 is 10.2 Å². The number of nitrogens with zero attached hydrogens (tertiary/aromatic N) is 3. The van der Waals surface area contributed by atoms with Gasteiger partial charge >= 0.3 is 6.18 Å². The quantitative estimate of drug-likeness (QED) is 0.892. The summed E-state index contributed by atoms with van der Waals surface area (Å²) in [4.78, 5) is 9.39. The molecule has 1 aliphatic rings. The minimum atomic E-state index is -4.51. The normalized spacial score (nSPS) is 20.7. The number of anilines is 2. The van der Waals surface area contributed by atoms with Crippen LogP contribution in [0.2, 0.25) is 0 Å². The van der Waals surface area contributed by atoms with Crippen molar-refractivity contribution in [1.82, 2.24) is 9.97 Å². The molecule has 1 fully saturated rings. The molecule has 2 heterocycles. The first-order valence-corrected chi connectivity index (χ1v) is 6.94. The van der Waals surface area contributed by atoms with Gasteiger partial charge in [0.15, 0.2) is 5.69 Å². The molecular formula is C13H19F3N4O. The zero-order chi connectivity index (χ0) is 15.6. The maximum absolute atomic E-state index is 12.9. The Hall–Kier alpha value is -1.57. The third-order valence-corrected chi connectivity index (χ3v) is 3.57. The van der Waals surface area contributed by atoms with Crippen molar-refractivity contribution in [3.05, 3.63) is 11.8 Å². The van der Waals surface area contributed by atoms with E-state index in [1.807, 2.05) is 0 Å². The summed E-state index contributed by atoms with van der Waals surface area (Å²) < 4.78 is 38.7. The molecule has 0 bridgehead atoms. The topological polar surface area (TPSA) is 61.3 Å². The van der Waals surface area contributed by atoms with Gasteiger partial charge in [0, 0.05) is 31.6 Å². The molecule has 0 aromatic carbocycles. The van der Waals surface area contributed by atoms with E-state index in [1.165, 1.54) is 0 Å². The van der Waals surface area contributed by atoms with Crippen molar-refractivity contribution in [3.8, 4) is 0 Å². The second-order valence-electron chi connectivity index (χ2n) is 5.20. The Balaban J connectivity index is 2.28. The zero-order valence-corrected chi connectivity index (χ0v) is 12.0. The first kappa shape index (κ1) is 15.8. The highest BCUT2D eigenvalue weighted by Gasteiger charge is 2.35. The third-order valence-electron chi connectivity index (χ3n) is 3.57. The van der Waals surface area contributed by atoms with Crippen LogP contribution >= 0.6 is 0 Å². The second kappa shape index (κ2) is 6.05. The SMILES string of the molecule is CCNc1nc(N2CCC(C(C)O)C2)cc(C(F)(F)F)n1. The fourth-order valence-corrected chi connectivity index (χ4v) is 2.37. The van der Waals surface area contributed by atoms with Crippen LogP contribution in [-0.4, -0.2) is 40.8 Å². The number of aliphatic hydroxyl groups excluding tert-OH is 1. The Morgan fingerprint density at radius 2 is 2.19 bits per heavy atom. The van der Waals surface area contributed by atoms with Crippen LogP contribution in [0.4, 0.5) is 24.9 Å². The van der Waals surface area contributed by atoms with Crippen LogP contribution in [0.3, 0.4) is 0 Å². The Kier molecular flexibility index (Phi) is 4.55. The number of hydrogen-bond acceptors (Lipinski definition) is 5. The van der Waals surface area contributed by atoms with Gasteiger partial charge in [0.2, 0.25) is 5.95 Å². The Bertz CT molecular complexity index is 493. The van der Waals surface area contributed by atoms with Crippen molar-refractivity contribution in [1.29, 1.82) is 0 Å². The molecule has 2 unspecified atom stereocenters. The van der Waals surface area contributed by atoms with Gasteiger partial charge in [-0.25, -0.2) is 4.98 Å². The Labute approximate surface area is 121 Å². The Morgan fingerprint density at radius 3 is 2.71 bits per heavy atom. The van der Waals surface area contributed by atoms with Gasteiger partial charge in [0.25, 0.3) is 0 Å². The number of hydrogen-bond donors (Lipinski definition) is 2. The van der Waals surface area contributed by atoms with Crippen molar-refractivity contribution in [2.45, 2.75) is 32.5 Å². The minimum Gasteiger partial charge on any atom is -0.393 e. The average molecular weight is 304 g/mol. The third kappa shape index (κ3) is 3.75. The molecule has 0 radical (unpaired) electrons. The van der Waals surface area contributed by atoms with Crippen molar-refractivity contribution in [3.63, 3.8) is 0 Å². The van der Waals surface area contributed by atoms with Crippen molar-refractivity contribution in [2.24, 2.45) is 5.92 Å². The summed E-state index contributed by atoms with van der Waals surface area (Å²) in [6.07, 6.45) is -4.25. The van der Waals surface area contributed by atoms with Crippen LogP contribution in [0.1, 0.15) is 26.0 Å². The molecule has 2 atom stereocenters.